The first-order valence-corrected chi connectivity index (χ1v) is 7.23. The number of benzene rings is 1. The molecular weight excluding hydrogens is 270 g/mol. The number of ether oxygens (including phenoxy) is 2. The van der Waals surface area contributed by atoms with Gasteiger partial charge in [-0.3, -0.25) is 9.59 Å². The number of esters is 1. The largest absolute Gasteiger partial charge is 0.480 e. The summed E-state index contributed by atoms with van der Waals surface area (Å²) in [7, 11) is 0. The average molecular weight is 291 g/mol. The molecule has 5 heteroatoms. The van der Waals surface area contributed by atoms with Gasteiger partial charge < -0.3 is 14.4 Å². The van der Waals surface area contributed by atoms with Gasteiger partial charge in [0.25, 0.3) is 5.91 Å². The molecule has 0 aliphatic carbocycles. The van der Waals surface area contributed by atoms with Gasteiger partial charge in [0.05, 0.1) is 6.61 Å². The Bertz CT molecular complexity index is 502. The highest BCUT2D eigenvalue weighted by Crippen LogP contribution is 2.29. The fourth-order valence-corrected chi connectivity index (χ4v) is 2.37. The lowest BCUT2D eigenvalue weighted by Gasteiger charge is -2.28. The molecule has 1 aromatic carbocycles. The monoisotopic (exact) mass is 291 g/mol. The molecule has 0 N–H and O–H groups in total. The van der Waals surface area contributed by atoms with Gasteiger partial charge in [-0.1, -0.05) is 18.2 Å². The fraction of sp³-hybridized carbons (Fsp3) is 0.500. The Kier molecular flexibility index (Phi) is 4.83. The molecule has 0 radical (unpaired) electrons. The van der Waals surface area contributed by atoms with Crippen LogP contribution in [0.5, 0.6) is 5.75 Å². The molecule has 114 valence electrons. The number of hydrogen-bond donors (Lipinski definition) is 0. The average Bonchev–Trinajstić information content (AvgIpc) is 2.88. The third-order valence-electron chi connectivity index (χ3n) is 3.43. The van der Waals surface area contributed by atoms with E-state index in [1.165, 1.54) is 4.90 Å². The van der Waals surface area contributed by atoms with E-state index in [1.807, 2.05) is 38.1 Å². The summed E-state index contributed by atoms with van der Waals surface area (Å²) in [5.41, 5.74) is 1.02. The van der Waals surface area contributed by atoms with Gasteiger partial charge in [0.15, 0.2) is 6.10 Å². The molecule has 5 nitrogen and oxygen atoms in total. The van der Waals surface area contributed by atoms with Crippen molar-refractivity contribution < 1.29 is 19.1 Å². The van der Waals surface area contributed by atoms with Gasteiger partial charge in [0.1, 0.15) is 12.3 Å². The molecule has 1 amide bonds. The second kappa shape index (κ2) is 6.61. The van der Waals surface area contributed by atoms with E-state index in [2.05, 4.69) is 0 Å². The molecule has 0 spiro atoms. The van der Waals surface area contributed by atoms with Gasteiger partial charge in [0.2, 0.25) is 0 Å². The number of para-hydroxylation sites is 1. The first-order chi connectivity index (χ1) is 10.0. The third-order valence-corrected chi connectivity index (χ3v) is 3.43. The maximum atomic E-state index is 12.6. The molecule has 1 aromatic rings. The number of hydrogen-bond acceptors (Lipinski definition) is 4. The van der Waals surface area contributed by atoms with Gasteiger partial charge in [0, 0.05) is 12.5 Å². The molecule has 1 atom stereocenters. The SMILES string of the molecule is CCOC(=O)CN(C(=O)C1Cc2ccccc2O1)C(C)C. The van der Waals surface area contributed by atoms with Crippen molar-refractivity contribution in [1.29, 1.82) is 0 Å². The van der Waals surface area contributed by atoms with E-state index in [4.69, 9.17) is 9.47 Å². The second-order valence-electron chi connectivity index (χ2n) is 5.28. The summed E-state index contributed by atoms with van der Waals surface area (Å²) in [4.78, 5) is 25.7. The minimum atomic E-state index is -0.556. The van der Waals surface area contributed by atoms with E-state index in [0.717, 1.165) is 11.3 Å². The molecule has 1 unspecified atom stereocenters. The second-order valence-corrected chi connectivity index (χ2v) is 5.28. The quantitative estimate of drug-likeness (QED) is 0.776. The van der Waals surface area contributed by atoms with E-state index in [-0.39, 0.29) is 18.5 Å². The number of fused-ring (bicyclic) bond motifs is 1. The first-order valence-electron chi connectivity index (χ1n) is 7.23. The van der Waals surface area contributed by atoms with Crippen molar-refractivity contribution in [3.63, 3.8) is 0 Å². The number of carbonyl (C=O) groups excluding carboxylic acids is 2. The Morgan fingerprint density at radius 1 is 1.38 bits per heavy atom. The van der Waals surface area contributed by atoms with E-state index in [0.29, 0.717) is 13.0 Å². The normalized spacial score (nSPS) is 16.3. The van der Waals surface area contributed by atoms with Gasteiger partial charge >= 0.3 is 5.97 Å². The first kappa shape index (κ1) is 15.4. The summed E-state index contributed by atoms with van der Waals surface area (Å²) in [6.45, 7) is 5.76. The smallest absolute Gasteiger partial charge is 0.325 e. The van der Waals surface area contributed by atoms with Crippen LogP contribution < -0.4 is 4.74 Å². The minimum absolute atomic E-state index is 0.0411. The predicted octanol–water partition coefficient (Wildman–Crippen LogP) is 1.79. The highest BCUT2D eigenvalue weighted by Gasteiger charge is 2.34. The van der Waals surface area contributed by atoms with Gasteiger partial charge in [-0.05, 0) is 32.4 Å². The van der Waals surface area contributed by atoms with Crippen LogP contribution in [0.2, 0.25) is 0 Å². The molecule has 0 saturated carbocycles. The van der Waals surface area contributed by atoms with Crippen LogP contribution in [0, 0.1) is 0 Å². The van der Waals surface area contributed by atoms with E-state index >= 15 is 0 Å². The van der Waals surface area contributed by atoms with Crippen molar-refractivity contribution in [1.82, 2.24) is 4.90 Å². The summed E-state index contributed by atoms with van der Waals surface area (Å²) in [6.07, 6.45) is -0.0136. The van der Waals surface area contributed by atoms with Crippen molar-refractivity contribution in [2.45, 2.75) is 39.3 Å². The van der Waals surface area contributed by atoms with Crippen LogP contribution >= 0.6 is 0 Å². The standard InChI is InChI=1S/C16H21NO4/c1-4-20-15(18)10-17(11(2)3)16(19)14-9-12-7-5-6-8-13(12)21-14/h5-8,11,14H,4,9-10H2,1-3H3. The maximum Gasteiger partial charge on any atom is 0.325 e. The molecule has 1 aliphatic rings. The number of rotatable bonds is 5. The Morgan fingerprint density at radius 2 is 2.10 bits per heavy atom. The lowest BCUT2D eigenvalue weighted by atomic mass is 10.1. The highest BCUT2D eigenvalue weighted by molar-refractivity contribution is 5.86. The highest BCUT2D eigenvalue weighted by atomic mass is 16.5. The fourth-order valence-electron chi connectivity index (χ4n) is 2.37. The van der Waals surface area contributed by atoms with Crippen molar-refractivity contribution in [2.24, 2.45) is 0 Å². The van der Waals surface area contributed by atoms with Crippen LogP contribution in [0.1, 0.15) is 26.3 Å². The summed E-state index contributed by atoms with van der Waals surface area (Å²) in [6, 6.07) is 7.52. The lowest BCUT2D eigenvalue weighted by molar-refractivity contribution is -0.152. The van der Waals surface area contributed by atoms with Crippen LogP contribution in [0.15, 0.2) is 24.3 Å². The predicted molar refractivity (Wildman–Crippen MR) is 78.0 cm³/mol. The molecule has 0 fully saturated rings. The third kappa shape index (κ3) is 3.54. The lowest BCUT2D eigenvalue weighted by Crippen LogP contribution is -2.47. The minimum Gasteiger partial charge on any atom is -0.480 e. The Morgan fingerprint density at radius 3 is 2.71 bits per heavy atom. The zero-order valence-corrected chi connectivity index (χ0v) is 12.7. The number of carbonyl (C=O) groups is 2. The van der Waals surface area contributed by atoms with Crippen molar-refractivity contribution in [2.75, 3.05) is 13.2 Å². The number of amides is 1. The van der Waals surface area contributed by atoms with Crippen LogP contribution in [0.4, 0.5) is 0 Å². The van der Waals surface area contributed by atoms with E-state index < -0.39 is 12.1 Å². The zero-order valence-electron chi connectivity index (χ0n) is 12.7. The Labute approximate surface area is 124 Å². The summed E-state index contributed by atoms with van der Waals surface area (Å²) in [5, 5.41) is 0. The molecule has 21 heavy (non-hydrogen) atoms. The molecule has 1 heterocycles. The van der Waals surface area contributed by atoms with Crippen molar-refractivity contribution in [3.05, 3.63) is 29.8 Å². The van der Waals surface area contributed by atoms with Crippen molar-refractivity contribution in [3.8, 4) is 5.75 Å². The molecule has 0 saturated heterocycles. The molecule has 1 aliphatic heterocycles. The van der Waals surface area contributed by atoms with Gasteiger partial charge in [-0.15, -0.1) is 0 Å². The Balaban J connectivity index is 2.05. The van der Waals surface area contributed by atoms with Crippen LogP contribution in [0.25, 0.3) is 0 Å². The molecule has 2 rings (SSSR count). The van der Waals surface area contributed by atoms with Crippen LogP contribution in [0.3, 0.4) is 0 Å². The van der Waals surface area contributed by atoms with Crippen LogP contribution in [-0.2, 0) is 20.7 Å². The number of nitrogens with zero attached hydrogens (tertiary/aromatic N) is 1. The summed E-state index contributed by atoms with van der Waals surface area (Å²) in [5.74, 6) is 0.181. The van der Waals surface area contributed by atoms with E-state index in [1.54, 1.807) is 6.92 Å². The molecular formula is C16H21NO4. The summed E-state index contributed by atoms with van der Waals surface area (Å²) < 4.78 is 10.6. The maximum absolute atomic E-state index is 12.6. The van der Waals surface area contributed by atoms with Crippen LogP contribution in [-0.4, -0.2) is 42.1 Å². The summed E-state index contributed by atoms with van der Waals surface area (Å²) >= 11 is 0. The van der Waals surface area contributed by atoms with Crippen molar-refractivity contribution >= 4 is 11.9 Å². The Hall–Kier alpha value is -2.04. The molecule has 0 aromatic heterocycles. The molecule has 0 bridgehead atoms. The van der Waals surface area contributed by atoms with Gasteiger partial charge in [-0.2, -0.15) is 0 Å². The zero-order chi connectivity index (χ0) is 15.4. The van der Waals surface area contributed by atoms with Gasteiger partial charge in [-0.25, -0.2) is 0 Å². The topological polar surface area (TPSA) is 55.8 Å². The van der Waals surface area contributed by atoms with E-state index in [9.17, 15) is 9.59 Å².